The molecular formula is C17H22N4O3S. The molecule has 0 spiro atoms. The molecule has 8 heteroatoms. The van der Waals surface area contributed by atoms with Gasteiger partial charge in [-0.15, -0.1) is 5.10 Å². The molecule has 134 valence electrons. The molecule has 1 aromatic carbocycles. The Morgan fingerprint density at radius 3 is 2.72 bits per heavy atom. The Morgan fingerprint density at radius 1 is 1.36 bits per heavy atom. The summed E-state index contributed by atoms with van der Waals surface area (Å²) in [6.45, 7) is 3.96. The lowest BCUT2D eigenvalue weighted by Crippen LogP contribution is -2.28. The fourth-order valence-electron chi connectivity index (χ4n) is 2.18. The number of carbonyl (C=O) groups excluding carboxylic acids is 2. The van der Waals surface area contributed by atoms with Crippen LogP contribution in [0.2, 0.25) is 0 Å². The minimum Gasteiger partial charge on any atom is -0.497 e. The number of anilines is 1. The highest BCUT2D eigenvalue weighted by molar-refractivity contribution is 8.15. The minimum atomic E-state index is -0.501. The van der Waals surface area contributed by atoms with Crippen LogP contribution >= 0.6 is 11.8 Å². The first-order chi connectivity index (χ1) is 12.0. The average Bonchev–Trinajstić information content (AvgIpc) is 2.93. The maximum atomic E-state index is 12.1. The molecule has 0 aromatic heterocycles. The number of ether oxygens (including phenoxy) is 1. The number of hydrogen-bond donors (Lipinski definition) is 2. The third-order valence-electron chi connectivity index (χ3n) is 3.44. The van der Waals surface area contributed by atoms with Gasteiger partial charge in [0.05, 0.1) is 7.11 Å². The number of rotatable bonds is 7. The zero-order chi connectivity index (χ0) is 18.2. The van der Waals surface area contributed by atoms with Crippen molar-refractivity contribution >= 4 is 40.1 Å². The fraction of sp³-hybridized carbons (Fsp3) is 0.412. The molecular weight excluding hydrogens is 340 g/mol. The molecule has 1 atom stereocenters. The van der Waals surface area contributed by atoms with E-state index in [1.807, 2.05) is 6.92 Å². The van der Waals surface area contributed by atoms with Crippen LogP contribution in [0.3, 0.4) is 0 Å². The summed E-state index contributed by atoms with van der Waals surface area (Å²) < 4.78 is 5.07. The van der Waals surface area contributed by atoms with Crippen molar-refractivity contribution in [3.05, 3.63) is 24.3 Å². The predicted octanol–water partition coefficient (Wildman–Crippen LogP) is 2.79. The summed E-state index contributed by atoms with van der Waals surface area (Å²) in [5.74, 6) is 0.255. The summed E-state index contributed by atoms with van der Waals surface area (Å²) in [6, 6.07) is 7.01. The van der Waals surface area contributed by atoms with Gasteiger partial charge in [0.15, 0.2) is 5.17 Å². The first kappa shape index (κ1) is 19.0. The van der Waals surface area contributed by atoms with Crippen LogP contribution in [0, 0.1) is 0 Å². The molecule has 1 saturated heterocycles. The molecule has 7 nitrogen and oxygen atoms in total. The van der Waals surface area contributed by atoms with E-state index in [-0.39, 0.29) is 18.2 Å². The summed E-state index contributed by atoms with van der Waals surface area (Å²) >= 11 is 1.23. The van der Waals surface area contributed by atoms with Gasteiger partial charge in [0.2, 0.25) is 11.8 Å². The van der Waals surface area contributed by atoms with E-state index >= 15 is 0 Å². The Balaban J connectivity index is 1.89. The molecule has 1 aliphatic rings. The number of nitrogens with zero attached hydrogens (tertiary/aromatic N) is 2. The van der Waals surface area contributed by atoms with Crippen LogP contribution in [-0.2, 0) is 9.59 Å². The van der Waals surface area contributed by atoms with E-state index < -0.39 is 5.25 Å². The molecule has 0 bridgehead atoms. The first-order valence-electron chi connectivity index (χ1n) is 8.04. The lowest BCUT2D eigenvalue weighted by molar-refractivity contribution is -0.122. The largest absolute Gasteiger partial charge is 0.497 e. The van der Waals surface area contributed by atoms with Crippen LogP contribution in [0.1, 0.15) is 33.1 Å². The maximum Gasteiger partial charge on any atom is 0.240 e. The van der Waals surface area contributed by atoms with Crippen LogP contribution in [0.15, 0.2) is 34.5 Å². The van der Waals surface area contributed by atoms with E-state index in [9.17, 15) is 9.59 Å². The van der Waals surface area contributed by atoms with Crippen molar-refractivity contribution < 1.29 is 14.3 Å². The van der Waals surface area contributed by atoms with Gasteiger partial charge in [-0.25, -0.2) is 0 Å². The second-order valence-electron chi connectivity index (χ2n) is 5.57. The number of amidine groups is 1. The van der Waals surface area contributed by atoms with Crippen molar-refractivity contribution in [2.24, 2.45) is 10.2 Å². The van der Waals surface area contributed by atoms with E-state index in [1.54, 1.807) is 31.4 Å². The summed E-state index contributed by atoms with van der Waals surface area (Å²) in [4.78, 5) is 24.1. The van der Waals surface area contributed by atoms with Crippen LogP contribution < -0.4 is 15.4 Å². The smallest absolute Gasteiger partial charge is 0.240 e. The van der Waals surface area contributed by atoms with Gasteiger partial charge in [-0.2, -0.15) is 5.10 Å². The van der Waals surface area contributed by atoms with Crippen molar-refractivity contribution in [3.8, 4) is 5.75 Å². The zero-order valence-corrected chi connectivity index (χ0v) is 15.4. The van der Waals surface area contributed by atoms with Gasteiger partial charge in [0.1, 0.15) is 11.0 Å². The first-order valence-corrected chi connectivity index (χ1v) is 8.92. The minimum absolute atomic E-state index is 0.0687. The second-order valence-corrected chi connectivity index (χ2v) is 6.76. The molecule has 1 aromatic rings. The SMILES string of the molecule is CCC/C(C)=N\N=C1/NC(=O)[C@H](CC(=O)Nc2ccc(OC)cc2)S1. The second kappa shape index (κ2) is 9.22. The number of hydrogen-bond acceptors (Lipinski definition) is 6. The van der Waals surface area contributed by atoms with Crippen molar-refractivity contribution in [3.63, 3.8) is 0 Å². The highest BCUT2D eigenvalue weighted by Gasteiger charge is 2.32. The summed E-state index contributed by atoms with van der Waals surface area (Å²) in [5.41, 5.74) is 1.56. The van der Waals surface area contributed by atoms with E-state index in [2.05, 4.69) is 27.8 Å². The Kier molecular flexibility index (Phi) is 7.00. The van der Waals surface area contributed by atoms with Gasteiger partial charge in [-0.05, 0) is 37.6 Å². The monoisotopic (exact) mass is 362 g/mol. The predicted molar refractivity (Wildman–Crippen MR) is 101 cm³/mol. The van der Waals surface area contributed by atoms with Gasteiger partial charge in [0, 0.05) is 17.8 Å². The highest BCUT2D eigenvalue weighted by atomic mass is 32.2. The summed E-state index contributed by atoms with van der Waals surface area (Å²) in [5, 5.41) is 13.5. The Bertz CT molecular complexity index is 686. The molecule has 2 amide bonds. The number of methoxy groups -OCH3 is 1. The highest BCUT2D eigenvalue weighted by Crippen LogP contribution is 2.23. The number of benzene rings is 1. The van der Waals surface area contributed by atoms with Crippen LogP contribution in [0.25, 0.3) is 0 Å². The van der Waals surface area contributed by atoms with Crippen molar-refractivity contribution in [2.45, 2.75) is 38.4 Å². The lowest BCUT2D eigenvalue weighted by Gasteiger charge is -2.08. The van der Waals surface area contributed by atoms with Gasteiger partial charge < -0.3 is 15.4 Å². The normalized spacial score (nSPS) is 19.0. The van der Waals surface area contributed by atoms with Crippen molar-refractivity contribution in [1.82, 2.24) is 5.32 Å². The molecule has 0 unspecified atom stereocenters. The summed E-state index contributed by atoms with van der Waals surface area (Å²) in [7, 11) is 1.58. The molecule has 1 heterocycles. The third kappa shape index (κ3) is 5.90. The molecule has 1 aliphatic heterocycles. The number of amides is 2. The third-order valence-corrected chi connectivity index (χ3v) is 4.52. The lowest BCUT2D eigenvalue weighted by atomic mass is 10.2. The van der Waals surface area contributed by atoms with Crippen molar-refractivity contribution in [2.75, 3.05) is 12.4 Å². The molecule has 0 radical (unpaired) electrons. The quantitative estimate of drug-likeness (QED) is 0.576. The molecule has 0 saturated carbocycles. The molecule has 0 aliphatic carbocycles. The van der Waals surface area contributed by atoms with Crippen LogP contribution in [0.4, 0.5) is 5.69 Å². The van der Waals surface area contributed by atoms with E-state index in [1.165, 1.54) is 11.8 Å². The average molecular weight is 362 g/mol. The van der Waals surface area contributed by atoms with Gasteiger partial charge in [0.25, 0.3) is 0 Å². The van der Waals surface area contributed by atoms with E-state index in [4.69, 9.17) is 4.74 Å². The zero-order valence-electron chi connectivity index (χ0n) is 14.5. The Hall–Kier alpha value is -2.35. The standard InChI is InChI=1S/C17H22N4O3S/c1-4-5-11(2)20-21-17-19-16(23)14(25-17)10-15(22)18-12-6-8-13(24-3)9-7-12/h6-9,14H,4-5,10H2,1-3H3,(H,18,22)(H,19,21,23)/b20-11-/t14-/m0/s1. The van der Waals surface area contributed by atoms with Gasteiger partial charge >= 0.3 is 0 Å². The Labute approximate surface area is 151 Å². The van der Waals surface area contributed by atoms with Crippen LogP contribution in [-0.4, -0.2) is 35.1 Å². The van der Waals surface area contributed by atoms with E-state index in [0.717, 1.165) is 18.6 Å². The fourth-order valence-corrected chi connectivity index (χ4v) is 3.10. The molecule has 2 rings (SSSR count). The topological polar surface area (TPSA) is 92.2 Å². The van der Waals surface area contributed by atoms with E-state index in [0.29, 0.717) is 16.6 Å². The number of nitrogens with one attached hydrogen (secondary N) is 2. The Morgan fingerprint density at radius 2 is 2.08 bits per heavy atom. The van der Waals surface area contributed by atoms with Gasteiger partial charge in [-0.1, -0.05) is 25.1 Å². The number of carbonyl (C=O) groups is 2. The van der Waals surface area contributed by atoms with Crippen LogP contribution in [0.5, 0.6) is 5.75 Å². The number of thioether (sulfide) groups is 1. The molecule has 1 fully saturated rings. The molecule has 2 N–H and O–H groups in total. The van der Waals surface area contributed by atoms with Gasteiger partial charge in [-0.3, -0.25) is 9.59 Å². The summed E-state index contributed by atoms with van der Waals surface area (Å²) in [6.07, 6.45) is 1.93. The maximum absolute atomic E-state index is 12.1. The van der Waals surface area contributed by atoms with Crippen molar-refractivity contribution in [1.29, 1.82) is 0 Å². The molecule has 25 heavy (non-hydrogen) atoms.